The van der Waals surface area contributed by atoms with Gasteiger partial charge in [0.2, 0.25) is 0 Å². The lowest BCUT2D eigenvalue weighted by molar-refractivity contribution is 0.552. The molecule has 0 amide bonds. The quantitative estimate of drug-likeness (QED) is 0.671. The van der Waals surface area contributed by atoms with Crippen molar-refractivity contribution in [3.8, 4) is 0 Å². The third kappa shape index (κ3) is 2.92. The average Bonchev–Trinajstić information content (AvgIpc) is 2.80. The third-order valence-electron chi connectivity index (χ3n) is 2.49. The van der Waals surface area contributed by atoms with Crippen LogP contribution in [0.1, 0.15) is 17.2 Å². The van der Waals surface area contributed by atoms with Crippen LogP contribution in [0.25, 0.3) is 0 Å². The average molecular weight is 297 g/mol. The van der Waals surface area contributed by atoms with Gasteiger partial charge < -0.3 is 0 Å². The van der Waals surface area contributed by atoms with Gasteiger partial charge in [-0.15, -0.1) is 0 Å². The molecule has 0 radical (unpaired) electrons. The Labute approximate surface area is 108 Å². The van der Waals surface area contributed by atoms with Crippen molar-refractivity contribution in [1.82, 2.24) is 5.43 Å². The van der Waals surface area contributed by atoms with E-state index in [0.717, 1.165) is 10.9 Å². The van der Waals surface area contributed by atoms with Crippen LogP contribution in [0.4, 0.5) is 0 Å². The van der Waals surface area contributed by atoms with E-state index in [-0.39, 0.29) is 6.04 Å². The Balaban J connectivity index is 2.13. The van der Waals surface area contributed by atoms with Crippen LogP contribution < -0.4 is 11.3 Å². The fourth-order valence-corrected chi connectivity index (χ4v) is 2.56. The Bertz CT molecular complexity index is 425. The molecule has 2 nitrogen and oxygen atoms in total. The molecule has 84 valence electrons. The Hall–Kier alpha value is -0.680. The monoisotopic (exact) mass is 296 g/mol. The zero-order valence-electron chi connectivity index (χ0n) is 8.69. The van der Waals surface area contributed by atoms with Crippen LogP contribution in [0.2, 0.25) is 0 Å². The molecule has 3 N–H and O–H groups in total. The summed E-state index contributed by atoms with van der Waals surface area (Å²) in [5.74, 6) is 5.60. The molecule has 1 unspecified atom stereocenters. The lowest BCUT2D eigenvalue weighted by Crippen LogP contribution is -2.29. The van der Waals surface area contributed by atoms with Crippen LogP contribution in [-0.4, -0.2) is 0 Å². The number of nitrogens with two attached hydrogens (primary N) is 1. The van der Waals surface area contributed by atoms with E-state index >= 15 is 0 Å². The van der Waals surface area contributed by atoms with Gasteiger partial charge in [-0.25, -0.2) is 0 Å². The molecular formula is C12H13BrN2S. The highest BCUT2D eigenvalue weighted by atomic mass is 79.9. The van der Waals surface area contributed by atoms with Crippen LogP contribution in [0.15, 0.2) is 45.6 Å². The first-order valence-electron chi connectivity index (χ1n) is 5.02. The van der Waals surface area contributed by atoms with Gasteiger partial charge in [-0.2, -0.15) is 11.3 Å². The zero-order valence-corrected chi connectivity index (χ0v) is 11.1. The summed E-state index contributed by atoms with van der Waals surface area (Å²) in [4.78, 5) is 0. The fraction of sp³-hybridized carbons (Fsp3) is 0.167. The van der Waals surface area contributed by atoms with Gasteiger partial charge in [-0.05, 0) is 46.5 Å². The van der Waals surface area contributed by atoms with E-state index in [1.54, 1.807) is 11.3 Å². The van der Waals surface area contributed by atoms with Gasteiger partial charge in [0.05, 0.1) is 6.04 Å². The van der Waals surface area contributed by atoms with Gasteiger partial charge in [0, 0.05) is 4.47 Å². The number of thiophene rings is 1. The fourth-order valence-electron chi connectivity index (χ4n) is 1.61. The smallest absolute Gasteiger partial charge is 0.0500 e. The Kier molecular flexibility index (Phi) is 4.12. The van der Waals surface area contributed by atoms with Crippen molar-refractivity contribution in [3.63, 3.8) is 0 Å². The van der Waals surface area contributed by atoms with Crippen molar-refractivity contribution in [1.29, 1.82) is 0 Å². The second kappa shape index (κ2) is 5.59. The molecule has 1 aromatic carbocycles. The highest BCUT2D eigenvalue weighted by molar-refractivity contribution is 9.10. The van der Waals surface area contributed by atoms with Gasteiger partial charge in [0.1, 0.15) is 0 Å². The van der Waals surface area contributed by atoms with E-state index in [1.807, 2.05) is 12.1 Å². The van der Waals surface area contributed by atoms with E-state index in [2.05, 4.69) is 50.3 Å². The highest BCUT2D eigenvalue weighted by Gasteiger charge is 2.10. The van der Waals surface area contributed by atoms with Crippen LogP contribution in [0.5, 0.6) is 0 Å². The van der Waals surface area contributed by atoms with Crippen LogP contribution in [0, 0.1) is 0 Å². The molecule has 1 heterocycles. The lowest BCUT2D eigenvalue weighted by Gasteiger charge is -2.15. The van der Waals surface area contributed by atoms with Crippen LogP contribution in [0.3, 0.4) is 0 Å². The molecule has 0 fully saturated rings. The molecular weight excluding hydrogens is 284 g/mol. The van der Waals surface area contributed by atoms with Crippen LogP contribution >= 0.6 is 27.3 Å². The minimum Gasteiger partial charge on any atom is -0.271 e. The molecule has 16 heavy (non-hydrogen) atoms. The summed E-state index contributed by atoms with van der Waals surface area (Å²) < 4.78 is 1.09. The first-order chi connectivity index (χ1) is 7.79. The van der Waals surface area contributed by atoms with Gasteiger partial charge >= 0.3 is 0 Å². The lowest BCUT2D eigenvalue weighted by atomic mass is 10.0. The maximum absolute atomic E-state index is 5.60. The second-order valence-corrected chi connectivity index (χ2v) is 5.30. The molecule has 0 aliphatic heterocycles. The molecule has 0 bridgehead atoms. The van der Waals surface area contributed by atoms with E-state index in [1.165, 1.54) is 11.1 Å². The number of hydrogen-bond acceptors (Lipinski definition) is 3. The third-order valence-corrected chi connectivity index (χ3v) is 3.75. The normalized spacial score (nSPS) is 12.6. The maximum atomic E-state index is 5.60. The standard InChI is InChI=1S/C12H13BrN2S/c13-11-3-1-10(2-4-11)12(15-14)7-9-5-6-16-8-9/h1-6,8,12,15H,7,14H2. The molecule has 4 heteroatoms. The zero-order chi connectivity index (χ0) is 11.4. The van der Waals surface area contributed by atoms with Crippen molar-refractivity contribution in [2.24, 2.45) is 5.84 Å². The summed E-state index contributed by atoms with van der Waals surface area (Å²) in [6.45, 7) is 0. The van der Waals surface area contributed by atoms with Gasteiger partial charge in [-0.1, -0.05) is 28.1 Å². The molecule has 0 aliphatic carbocycles. The molecule has 0 aliphatic rings. The van der Waals surface area contributed by atoms with Crippen molar-refractivity contribution in [3.05, 3.63) is 56.7 Å². The Morgan fingerprint density at radius 3 is 2.56 bits per heavy atom. The predicted molar refractivity (Wildman–Crippen MR) is 72.2 cm³/mol. The first kappa shape index (κ1) is 11.8. The van der Waals surface area contributed by atoms with E-state index in [4.69, 9.17) is 5.84 Å². The topological polar surface area (TPSA) is 38.0 Å². The summed E-state index contributed by atoms with van der Waals surface area (Å²) in [6.07, 6.45) is 0.918. The molecule has 0 saturated carbocycles. The SMILES string of the molecule is NNC(Cc1ccsc1)c1ccc(Br)cc1. The van der Waals surface area contributed by atoms with E-state index in [9.17, 15) is 0 Å². The second-order valence-electron chi connectivity index (χ2n) is 3.61. The summed E-state index contributed by atoms with van der Waals surface area (Å²) in [6, 6.07) is 10.5. The largest absolute Gasteiger partial charge is 0.271 e. The Morgan fingerprint density at radius 1 is 1.25 bits per heavy atom. The number of hydrogen-bond donors (Lipinski definition) is 2. The number of benzene rings is 1. The van der Waals surface area contributed by atoms with E-state index < -0.39 is 0 Å². The van der Waals surface area contributed by atoms with Gasteiger partial charge in [0.25, 0.3) is 0 Å². The van der Waals surface area contributed by atoms with Crippen molar-refractivity contribution >= 4 is 27.3 Å². The summed E-state index contributed by atoms with van der Waals surface area (Å²) >= 11 is 5.14. The number of rotatable bonds is 4. The van der Waals surface area contributed by atoms with Crippen LogP contribution in [-0.2, 0) is 6.42 Å². The van der Waals surface area contributed by atoms with Crippen molar-refractivity contribution in [2.75, 3.05) is 0 Å². The highest BCUT2D eigenvalue weighted by Crippen LogP contribution is 2.21. The van der Waals surface area contributed by atoms with Gasteiger partial charge in [0.15, 0.2) is 0 Å². The molecule has 2 rings (SSSR count). The van der Waals surface area contributed by atoms with Gasteiger partial charge in [-0.3, -0.25) is 11.3 Å². The molecule has 1 atom stereocenters. The number of hydrazine groups is 1. The minimum absolute atomic E-state index is 0.169. The molecule has 1 aromatic heterocycles. The van der Waals surface area contributed by atoms with Crippen molar-refractivity contribution in [2.45, 2.75) is 12.5 Å². The summed E-state index contributed by atoms with van der Waals surface area (Å²) in [5, 5.41) is 4.24. The van der Waals surface area contributed by atoms with E-state index in [0.29, 0.717) is 0 Å². The maximum Gasteiger partial charge on any atom is 0.0500 e. The molecule has 2 aromatic rings. The minimum atomic E-state index is 0.169. The first-order valence-corrected chi connectivity index (χ1v) is 6.76. The molecule has 0 spiro atoms. The molecule has 0 saturated heterocycles. The summed E-state index contributed by atoms with van der Waals surface area (Å²) in [7, 11) is 0. The summed E-state index contributed by atoms with van der Waals surface area (Å²) in [5.41, 5.74) is 5.39. The Morgan fingerprint density at radius 2 is 2.00 bits per heavy atom. The predicted octanol–water partition coefficient (Wildman–Crippen LogP) is 3.26. The number of nitrogens with one attached hydrogen (secondary N) is 1. The van der Waals surface area contributed by atoms with Crippen molar-refractivity contribution < 1.29 is 0 Å². The number of halogens is 1.